The number of rotatable bonds is 6. The Kier molecular flexibility index (Phi) is 36.4. The first-order valence-corrected chi connectivity index (χ1v) is 10.8. The molecule has 0 aromatic carbocycles. The van der Waals surface area contributed by atoms with E-state index < -0.39 is 30.4 Å². The molecular formula is C18H24Cl6O12W-6. The van der Waals surface area contributed by atoms with Gasteiger partial charge in [-0.25, -0.2) is 0 Å². The van der Waals surface area contributed by atoms with Gasteiger partial charge in [-0.15, -0.1) is 69.6 Å². The molecular weight excluding hydrogens is 805 g/mol. The van der Waals surface area contributed by atoms with Gasteiger partial charge in [0.1, 0.15) is 37.7 Å². The predicted molar refractivity (Wildman–Crippen MR) is 122 cm³/mol. The van der Waals surface area contributed by atoms with Crippen LogP contribution >= 0.6 is 69.6 Å². The van der Waals surface area contributed by atoms with Crippen LogP contribution in [0.5, 0.6) is 0 Å². The molecule has 0 amide bonds. The Labute approximate surface area is 258 Å². The smallest absolute Gasteiger partial charge is 0.124 e. The molecule has 12 nitrogen and oxygen atoms in total. The minimum Gasteiger partial charge on any atom is -0.832 e. The molecule has 0 aromatic heterocycles. The van der Waals surface area contributed by atoms with Crippen LogP contribution in [0.3, 0.4) is 0 Å². The van der Waals surface area contributed by atoms with Gasteiger partial charge in [-0.3, -0.25) is 0 Å². The van der Waals surface area contributed by atoms with Crippen LogP contribution in [-0.2, 0) is 49.8 Å². The molecule has 0 heterocycles. The first-order chi connectivity index (χ1) is 15.4. The van der Waals surface area contributed by atoms with Crippen molar-refractivity contribution in [1.82, 2.24) is 0 Å². The van der Waals surface area contributed by atoms with Crippen LogP contribution in [0.2, 0.25) is 0 Å². The number of hydrogen-bond donors (Lipinski definition) is 0. The van der Waals surface area contributed by atoms with E-state index in [9.17, 15) is 59.4 Å². The van der Waals surface area contributed by atoms with Crippen LogP contribution in [0.25, 0.3) is 0 Å². The predicted octanol–water partition coefficient (Wildman–Crippen LogP) is -3.00. The van der Waals surface area contributed by atoms with E-state index in [-0.39, 0.29) is 58.8 Å². The Morgan fingerprint density at radius 3 is 0.378 bits per heavy atom. The molecule has 6 unspecified atom stereocenters. The largest absolute Gasteiger partial charge is 0.832 e. The molecule has 222 valence electrons. The number of aldehydes is 6. The van der Waals surface area contributed by atoms with E-state index in [1.54, 1.807) is 0 Å². The molecule has 0 N–H and O–H groups in total. The summed E-state index contributed by atoms with van der Waals surface area (Å²) < 4.78 is 0. The third-order valence-electron chi connectivity index (χ3n) is 1.26. The molecule has 0 rings (SSSR count). The number of alkyl halides is 6. The average Bonchev–Trinajstić information content (AvgIpc) is 2.67. The summed E-state index contributed by atoms with van der Waals surface area (Å²) in [6, 6.07) is 0. The van der Waals surface area contributed by atoms with E-state index in [1.807, 2.05) is 0 Å². The van der Waals surface area contributed by atoms with E-state index in [0.717, 1.165) is 41.5 Å². The third kappa shape index (κ3) is 128. The molecule has 0 spiro atoms. The SMILES string of the molecule is CC([O-])(Cl)C=O.CC([O-])(Cl)C=O.CC([O-])(Cl)C=O.CC([O-])(Cl)C=O.CC([O-])(Cl)C=O.CC([O-])(Cl)C=O.[W]. The molecule has 0 saturated heterocycles. The topological polar surface area (TPSA) is 241 Å². The average molecular weight is 829 g/mol. The van der Waals surface area contributed by atoms with Crippen LogP contribution in [0.1, 0.15) is 41.5 Å². The van der Waals surface area contributed by atoms with Crippen LogP contribution in [0.15, 0.2) is 0 Å². The van der Waals surface area contributed by atoms with E-state index in [2.05, 4.69) is 0 Å². The molecule has 0 aliphatic rings. The first-order valence-electron chi connectivity index (χ1n) is 8.50. The maximum absolute atomic E-state index is 9.87. The molecule has 0 aromatic rings. The number of carbonyl (C=O) groups excluding carboxylic acids is 6. The van der Waals surface area contributed by atoms with Crippen LogP contribution in [0, 0.1) is 0 Å². The molecule has 0 radical (unpaired) electrons. The second kappa shape index (κ2) is 25.2. The van der Waals surface area contributed by atoms with Crippen molar-refractivity contribution in [3.63, 3.8) is 0 Å². The summed E-state index contributed by atoms with van der Waals surface area (Å²) in [5.74, 6) is 0. The monoisotopic (exact) mass is 826 g/mol. The van der Waals surface area contributed by atoms with Crippen LogP contribution < -0.4 is 30.6 Å². The maximum atomic E-state index is 9.87. The minimum absolute atomic E-state index is 0. The standard InChI is InChI=1S/6C3H4ClO2.W/c6*1-3(4,6)2-5;/h6*2H,1H3;/q6*-1;. The fourth-order valence-corrected chi connectivity index (χ4v) is 0. The number of hydrogen-bond acceptors (Lipinski definition) is 12. The van der Waals surface area contributed by atoms with Gasteiger partial charge in [0.05, 0.1) is 0 Å². The van der Waals surface area contributed by atoms with Gasteiger partial charge in [-0.1, -0.05) is 41.5 Å². The summed E-state index contributed by atoms with van der Waals surface area (Å²) in [4.78, 5) is 56.3. The van der Waals surface area contributed by atoms with Gasteiger partial charge in [0.2, 0.25) is 0 Å². The van der Waals surface area contributed by atoms with Gasteiger partial charge in [0.15, 0.2) is 0 Å². The molecule has 0 saturated carbocycles. The number of halogens is 6. The third-order valence-corrected chi connectivity index (χ3v) is 1.80. The van der Waals surface area contributed by atoms with Crippen molar-refractivity contribution in [3.05, 3.63) is 0 Å². The van der Waals surface area contributed by atoms with Gasteiger partial charge in [-0.05, 0) is 0 Å². The maximum Gasteiger partial charge on any atom is 0.124 e. The Morgan fingerprint density at radius 2 is 0.378 bits per heavy atom. The second-order valence-electron chi connectivity index (χ2n) is 6.62. The molecule has 37 heavy (non-hydrogen) atoms. The van der Waals surface area contributed by atoms with E-state index in [1.165, 1.54) is 0 Å². The molecule has 6 atom stereocenters. The van der Waals surface area contributed by atoms with Crippen molar-refractivity contribution >= 4 is 107 Å². The molecule has 19 heteroatoms. The summed E-state index contributed by atoms with van der Waals surface area (Å²) in [5, 5.41) is 47.7. The van der Waals surface area contributed by atoms with Gasteiger partial charge in [0.25, 0.3) is 0 Å². The van der Waals surface area contributed by atoms with Crippen LogP contribution in [0.4, 0.5) is 0 Å². The Hall–Kier alpha value is 0.208. The second-order valence-corrected chi connectivity index (χ2v) is 11.1. The van der Waals surface area contributed by atoms with Crippen molar-refractivity contribution in [2.75, 3.05) is 0 Å². The van der Waals surface area contributed by atoms with Crippen molar-refractivity contribution in [2.24, 2.45) is 0 Å². The summed E-state index contributed by atoms with van der Waals surface area (Å²) in [7, 11) is 0. The van der Waals surface area contributed by atoms with Gasteiger partial charge in [0, 0.05) is 51.4 Å². The van der Waals surface area contributed by atoms with E-state index in [4.69, 9.17) is 69.6 Å². The fraction of sp³-hybridized carbons (Fsp3) is 0.667. The Morgan fingerprint density at radius 1 is 0.351 bits per heavy atom. The Bertz CT molecular complexity index is 472. The van der Waals surface area contributed by atoms with Gasteiger partial charge >= 0.3 is 0 Å². The first kappa shape index (κ1) is 53.5. The van der Waals surface area contributed by atoms with Crippen molar-refractivity contribution in [2.45, 2.75) is 71.9 Å². The Balaban J connectivity index is -0.0000000581. The van der Waals surface area contributed by atoms with Gasteiger partial charge < -0.3 is 59.4 Å². The van der Waals surface area contributed by atoms with Crippen molar-refractivity contribution in [3.8, 4) is 0 Å². The molecule has 0 aliphatic carbocycles. The zero-order valence-electron chi connectivity index (χ0n) is 20.0. The van der Waals surface area contributed by atoms with Gasteiger partial charge in [-0.2, -0.15) is 0 Å². The van der Waals surface area contributed by atoms with E-state index in [0.29, 0.717) is 0 Å². The normalized spacial score (nSPS) is 18.6. The quantitative estimate of drug-likeness (QED) is 0.192. The van der Waals surface area contributed by atoms with Crippen molar-refractivity contribution < 1.29 is 80.5 Å². The molecule has 0 bridgehead atoms. The molecule has 0 aliphatic heterocycles. The van der Waals surface area contributed by atoms with Crippen LogP contribution in [-0.4, -0.2) is 68.1 Å². The summed E-state index contributed by atoms with van der Waals surface area (Å²) in [5.41, 5.74) is 0. The number of carbonyl (C=O) groups is 6. The zero-order chi connectivity index (χ0) is 31.2. The molecule has 0 fully saturated rings. The summed E-state index contributed by atoms with van der Waals surface area (Å²) in [6.07, 6.45) is 0.884. The fourth-order valence-electron chi connectivity index (χ4n) is 0. The summed E-state index contributed by atoms with van der Waals surface area (Å²) >= 11 is 28.8. The minimum atomic E-state index is -1.92. The summed E-state index contributed by atoms with van der Waals surface area (Å²) in [6.45, 7) is 6.51. The zero-order valence-corrected chi connectivity index (χ0v) is 27.5. The van der Waals surface area contributed by atoms with Crippen molar-refractivity contribution in [1.29, 1.82) is 0 Å². The van der Waals surface area contributed by atoms with E-state index >= 15 is 0 Å².